The van der Waals surface area contributed by atoms with Gasteiger partial charge in [-0.1, -0.05) is 328 Å². The van der Waals surface area contributed by atoms with Gasteiger partial charge < -0.3 is 28.7 Å². The molecule has 0 radical (unpaired) electrons. The number of para-hydroxylation sites is 10. The van der Waals surface area contributed by atoms with Crippen molar-refractivity contribution in [3.63, 3.8) is 0 Å². The van der Waals surface area contributed by atoms with Crippen molar-refractivity contribution in [3.05, 3.63) is 484 Å². The lowest BCUT2D eigenvalue weighted by Crippen LogP contribution is -2.19. The molecule has 123 heavy (non-hydrogen) atoms. The Morgan fingerprint density at radius 2 is 0.504 bits per heavy atom. The standard InChI is InChI=1S/C44H30N2S.C38H26N2S.C32H24N2S/c1-4-13-31(14-5-1)32-23-25-33(26-24-32)34-27-29-37(30-28-34)45(35-15-6-2-7-16-35)41-22-12-20-39-42-44(47-43(39)41)38-19-10-11-21-40(38)46(42)36-17-8-3-9-18-36;1-4-13-27(14-5-1)28-23-25-31(26-24-28)39(29-15-6-2-7-16-29)35-22-12-20-33-36-38(41-37(33)35)32-19-10-11-21-34(32)40(36)30-17-8-3-9-18-30;1-4-13-23(14-5-1)33(24-15-6-2-7-16-24)29-22-12-20-27-30-32(35-31(27)29)26-19-10-11-21-28(26)34(30)25-17-8-3-9-18-25/h1-30H;1-26H;1-22,30,32H. The number of hydrogen-bond donors (Lipinski definition) is 0. The molecule has 2 atom stereocenters. The fourth-order valence-electron chi connectivity index (χ4n) is 18.2. The van der Waals surface area contributed by atoms with Crippen LogP contribution in [0.3, 0.4) is 0 Å². The molecular weight excluding hydrogens is 1550 g/mol. The third-order valence-corrected chi connectivity index (χ3v) is 27.7. The van der Waals surface area contributed by atoms with E-state index in [-0.39, 0.29) is 6.04 Å². The number of benzene rings is 18. The van der Waals surface area contributed by atoms with Gasteiger partial charge >= 0.3 is 0 Å². The van der Waals surface area contributed by atoms with Gasteiger partial charge in [-0.05, 0) is 190 Å². The second kappa shape index (κ2) is 32.6. The van der Waals surface area contributed by atoms with Crippen molar-refractivity contribution in [1.82, 2.24) is 9.13 Å². The molecule has 0 N–H and O–H groups in total. The van der Waals surface area contributed by atoms with E-state index in [1.165, 1.54) is 163 Å². The maximum Gasteiger partial charge on any atom is 0.0767 e. The lowest BCUT2D eigenvalue weighted by molar-refractivity contribution is 0.737. The molecule has 6 nitrogen and oxygen atoms in total. The first-order chi connectivity index (χ1) is 61.1. The van der Waals surface area contributed by atoms with Crippen molar-refractivity contribution in [3.8, 4) is 44.8 Å². The Labute approximate surface area is 727 Å². The van der Waals surface area contributed by atoms with E-state index < -0.39 is 0 Å². The highest BCUT2D eigenvalue weighted by Crippen LogP contribution is 2.66. The molecule has 0 saturated heterocycles. The normalized spacial score (nSPS) is 13.2. The molecule has 0 spiro atoms. The predicted octanol–water partition coefficient (Wildman–Crippen LogP) is 33.1. The molecule has 22 aromatic rings. The highest BCUT2D eigenvalue weighted by molar-refractivity contribution is 8.00. The third-order valence-electron chi connectivity index (χ3n) is 23.7. The van der Waals surface area contributed by atoms with Crippen LogP contribution in [0.1, 0.15) is 22.4 Å². The average Bonchev–Trinajstić information content (AvgIpc) is 1.57. The minimum Gasteiger partial charge on any atom is -0.332 e. The molecule has 584 valence electrons. The van der Waals surface area contributed by atoms with Crippen LogP contribution in [-0.4, -0.2) is 9.13 Å². The zero-order valence-electron chi connectivity index (χ0n) is 67.1. The summed E-state index contributed by atoms with van der Waals surface area (Å²) in [5, 5.41) is 5.46. The molecule has 4 aromatic heterocycles. The van der Waals surface area contributed by atoms with Gasteiger partial charge in [-0.15, -0.1) is 34.4 Å². The van der Waals surface area contributed by atoms with Gasteiger partial charge in [0, 0.05) is 83.3 Å². The van der Waals surface area contributed by atoms with Crippen LogP contribution in [0.15, 0.2) is 478 Å². The predicted molar refractivity (Wildman–Crippen MR) is 525 cm³/mol. The second-order valence-corrected chi connectivity index (χ2v) is 34.1. The maximum absolute atomic E-state index is 2.54. The van der Waals surface area contributed by atoms with Gasteiger partial charge in [0.25, 0.3) is 0 Å². The van der Waals surface area contributed by atoms with Crippen LogP contribution >= 0.6 is 34.4 Å². The van der Waals surface area contributed by atoms with E-state index in [2.05, 4.69) is 502 Å². The van der Waals surface area contributed by atoms with Gasteiger partial charge in [-0.25, -0.2) is 0 Å². The van der Waals surface area contributed by atoms with E-state index in [1.807, 2.05) is 34.4 Å². The van der Waals surface area contributed by atoms with Crippen molar-refractivity contribution < 1.29 is 0 Å². The third kappa shape index (κ3) is 13.7. The number of thioether (sulfide) groups is 1. The van der Waals surface area contributed by atoms with Crippen LogP contribution in [0.25, 0.3) is 107 Å². The zero-order valence-corrected chi connectivity index (χ0v) is 69.5. The van der Waals surface area contributed by atoms with Gasteiger partial charge in [-0.3, -0.25) is 0 Å². The van der Waals surface area contributed by atoms with Crippen LogP contribution in [0, 0.1) is 0 Å². The van der Waals surface area contributed by atoms with Crippen LogP contribution in [0.4, 0.5) is 62.6 Å². The fraction of sp³-hybridized carbons (Fsp3) is 0.0175. The van der Waals surface area contributed by atoms with Crippen molar-refractivity contribution in [2.24, 2.45) is 0 Å². The molecule has 0 aliphatic carbocycles. The molecule has 18 aromatic carbocycles. The first-order valence-corrected chi connectivity index (χ1v) is 44.4. The summed E-state index contributed by atoms with van der Waals surface area (Å²) >= 11 is 5.79. The van der Waals surface area contributed by atoms with Crippen molar-refractivity contribution in [2.45, 2.75) is 16.2 Å². The zero-order chi connectivity index (χ0) is 81.5. The van der Waals surface area contributed by atoms with E-state index in [0.717, 1.165) is 22.7 Å². The number of aromatic nitrogens is 2. The van der Waals surface area contributed by atoms with Gasteiger partial charge in [0.2, 0.25) is 0 Å². The number of nitrogens with zero attached hydrogens (tertiary/aromatic N) is 6. The first-order valence-electron chi connectivity index (χ1n) is 41.9. The summed E-state index contributed by atoms with van der Waals surface area (Å²) in [7, 11) is 0. The number of fused-ring (bicyclic) bond motifs is 15. The molecule has 2 aliphatic heterocycles. The molecule has 0 bridgehead atoms. The van der Waals surface area contributed by atoms with Crippen LogP contribution in [0.2, 0.25) is 0 Å². The summed E-state index contributed by atoms with van der Waals surface area (Å²) in [4.78, 5) is 11.1. The number of rotatable bonds is 15. The van der Waals surface area contributed by atoms with Gasteiger partial charge in [0.15, 0.2) is 0 Å². The highest BCUT2D eigenvalue weighted by Gasteiger charge is 2.47. The van der Waals surface area contributed by atoms with E-state index in [9.17, 15) is 0 Å². The Morgan fingerprint density at radius 1 is 0.211 bits per heavy atom. The highest BCUT2D eigenvalue weighted by atomic mass is 32.2. The molecule has 9 heteroatoms. The van der Waals surface area contributed by atoms with E-state index in [4.69, 9.17) is 0 Å². The summed E-state index contributed by atoms with van der Waals surface area (Å²) in [6.45, 7) is 0. The van der Waals surface area contributed by atoms with E-state index in [0.29, 0.717) is 5.25 Å². The van der Waals surface area contributed by atoms with Gasteiger partial charge in [0.1, 0.15) is 0 Å². The summed E-state index contributed by atoms with van der Waals surface area (Å²) < 4.78 is 10.0. The smallest absolute Gasteiger partial charge is 0.0767 e. The lowest BCUT2D eigenvalue weighted by atomic mass is 10.00. The molecule has 0 amide bonds. The molecule has 24 rings (SSSR count). The van der Waals surface area contributed by atoms with Crippen molar-refractivity contribution in [2.75, 3.05) is 19.6 Å². The Bertz CT molecular complexity index is 7460. The second-order valence-electron chi connectivity index (χ2n) is 30.9. The van der Waals surface area contributed by atoms with Crippen LogP contribution in [-0.2, 0) is 0 Å². The Balaban J connectivity index is 0.000000111. The molecule has 2 unspecified atom stereocenters. The summed E-state index contributed by atoms with van der Waals surface area (Å²) in [5.74, 6) is 0. The minimum absolute atomic E-state index is 0.267. The Hall–Kier alpha value is -15.0. The van der Waals surface area contributed by atoms with Crippen molar-refractivity contribution in [1.29, 1.82) is 0 Å². The Morgan fingerprint density at radius 3 is 0.919 bits per heavy atom. The largest absolute Gasteiger partial charge is 0.332 e. The lowest BCUT2D eigenvalue weighted by Gasteiger charge is -2.29. The van der Waals surface area contributed by atoms with Crippen LogP contribution < -0.4 is 19.6 Å². The fourth-order valence-corrected chi connectivity index (χ4v) is 22.5. The van der Waals surface area contributed by atoms with Gasteiger partial charge in [-0.2, -0.15) is 0 Å². The summed E-state index contributed by atoms with van der Waals surface area (Å²) in [6.07, 6.45) is 0. The van der Waals surface area contributed by atoms with Gasteiger partial charge in [0.05, 0.1) is 69.2 Å². The molecule has 0 fully saturated rings. The minimum atomic E-state index is 0.267. The number of hydrogen-bond acceptors (Lipinski definition) is 7. The van der Waals surface area contributed by atoms with Crippen LogP contribution in [0.5, 0.6) is 0 Å². The topological polar surface area (TPSA) is 22.8 Å². The molecule has 6 heterocycles. The monoisotopic (exact) mass is 1630 g/mol. The number of anilines is 11. The molecular formula is C114H80N6S3. The molecule has 2 aliphatic rings. The SMILES string of the molecule is c1ccc(-c2ccc(-c3ccc(N(c4ccccc4)c4cccc5c4sc4c6ccccc6n(-c6ccccc6)c54)cc3)cc2)cc1.c1ccc(-c2ccc(N(c3ccccc3)c3cccc4c3sc3c5ccccc5n(-c5ccccc5)c43)cc2)cc1.c1ccc(N(c2ccccc2)c2cccc3c2SC2c4ccccc4N(c4ccccc4)C32)cc1. The molecule has 0 saturated carbocycles. The first kappa shape index (κ1) is 74.3. The summed E-state index contributed by atoms with van der Waals surface area (Å²) in [6, 6.07) is 170. The van der Waals surface area contributed by atoms with Crippen molar-refractivity contribution >= 4 is 159 Å². The summed E-state index contributed by atoms with van der Waals surface area (Å²) in [5.41, 5.74) is 30.5. The quantitative estimate of drug-likeness (QED) is 0.102. The maximum atomic E-state index is 2.54. The number of thiophene rings is 2. The van der Waals surface area contributed by atoms with E-state index in [1.54, 1.807) is 0 Å². The van der Waals surface area contributed by atoms with E-state index >= 15 is 0 Å². The average molecular weight is 1630 g/mol. The Kier molecular flexibility index (Phi) is 19.7.